The Kier molecular flexibility index (Phi) is 10.2. The number of carbonyl (C=O) groups is 4. The summed E-state index contributed by atoms with van der Waals surface area (Å²) in [5, 5.41) is 0. The predicted molar refractivity (Wildman–Crippen MR) is 174 cm³/mol. The Hall–Kier alpha value is -5.13. The van der Waals surface area contributed by atoms with Crippen LogP contribution in [0.2, 0.25) is 0 Å². The van der Waals surface area contributed by atoms with Gasteiger partial charge in [0.1, 0.15) is 24.3 Å². The Labute approximate surface area is 282 Å². The van der Waals surface area contributed by atoms with Crippen LogP contribution in [0.4, 0.5) is 18.0 Å². The fraction of sp³-hybridized carbons (Fsp3) is 0.351. The molecule has 0 radical (unpaired) electrons. The first-order valence-electron chi connectivity index (χ1n) is 15.8. The van der Waals surface area contributed by atoms with Crippen LogP contribution in [0.15, 0.2) is 91.0 Å². The minimum Gasteiger partial charge on any atom is -0.460 e. The molecule has 0 saturated carbocycles. The van der Waals surface area contributed by atoms with E-state index in [0.717, 1.165) is 23.3 Å². The number of ether oxygens (including phenoxy) is 2. The van der Waals surface area contributed by atoms with Gasteiger partial charge in [-0.1, -0.05) is 84.9 Å². The van der Waals surface area contributed by atoms with E-state index >= 15 is 0 Å². The second-order valence-corrected chi connectivity index (χ2v) is 13.1. The average molecular weight is 678 g/mol. The molecule has 2 aliphatic rings. The Morgan fingerprint density at radius 3 is 2.27 bits per heavy atom. The lowest BCUT2D eigenvalue weighted by atomic mass is 9.87. The van der Waals surface area contributed by atoms with Crippen molar-refractivity contribution >= 4 is 30.0 Å². The number of nitrogens with zero attached hydrogens (tertiary/aromatic N) is 3. The SMILES string of the molecule is CN(Cc1cccc(C(F)(F)F)c1)C(=O)[C@@H](CC(=O)OC(C)(C)C)N1C(=O)[C@@H](N2C(=O)OC[C@@H]2c2ccccc2)[C@H]1C=Cc1ccccc1. The number of benzene rings is 3. The molecule has 2 saturated heterocycles. The fourth-order valence-corrected chi connectivity index (χ4v) is 6.10. The summed E-state index contributed by atoms with van der Waals surface area (Å²) in [4.78, 5) is 58.6. The van der Waals surface area contributed by atoms with Gasteiger partial charge in [0.25, 0.3) is 0 Å². The van der Waals surface area contributed by atoms with Crippen molar-refractivity contribution in [3.63, 3.8) is 0 Å². The minimum atomic E-state index is -4.58. The van der Waals surface area contributed by atoms with E-state index in [1.807, 2.05) is 60.7 Å². The van der Waals surface area contributed by atoms with Gasteiger partial charge in [-0.15, -0.1) is 0 Å². The average Bonchev–Trinajstić information content (AvgIpc) is 3.42. The predicted octanol–water partition coefficient (Wildman–Crippen LogP) is 6.25. The van der Waals surface area contributed by atoms with Crippen molar-refractivity contribution in [2.24, 2.45) is 0 Å². The molecule has 4 atom stereocenters. The van der Waals surface area contributed by atoms with Gasteiger partial charge in [0, 0.05) is 13.6 Å². The number of likely N-dealkylation sites (N-methyl/N-ethyl adjacent to an activating group) is 1. The molecular weight excluding hydrogens is 639 g/mol. The summed E-state index contributed by atoms with van der Waals surface area (Å²) in [5.74, 6) is -2.02. The molecule has 3 aromatic carbocycles. The molecular formula is C37H38F3N3O6. The summed E-state index contributed by atoms with van der Waals surface area (Å²) in [6, 6.07) is 19.0. The van der Waals surface area contributed by atoms with Crippen LogP contribution < -0.4 is 0 Å². The van der Waals surface area contributed by atoms with Crippen LogP contribution in [0.3, 0.4) is 0 Å². The lowest BCUT2D eigenvalue weighted by Gasteiger charge is -2.52. The quantitative estimate of drug-likeness (QED) is 0.186. The van der Waals surface area contributed by atoms with Crippen LogP contribution in [-0.4, -0.2) is 76.0 Å². The van der Waals surface area contributed by atoms with E-state index in [2.05, 4.69) is 0 Å². The summed E-state index contributed by atoms with van der Waals surface area (Å²) in [7, 11) is 1.39. The van der Waals surface area contributed by atoms with Gasteiger partial charge in [0.05, 0.1) is 24.1 Å². The van der Waals surface area contributed by atoms with Crippen molar-refractivity contribution in [2.75, 3.05) is 13.7 Å². The zero-order valence-corrected chi connectivity index (χ0v) is 27.6. The molecule has 0 N–H and O–H groups in total. The van der Waals surface area contributed by atoms with Gasteiger partial charge in [-0.3, -0.25) is 19.3 Å². The van der Waals surface area contributed by atoms with E-state index in [1.165, 1.54) is 33.9 Å². The van der Waals surface area contributed by atoms with E-state index in [0.29, 0.717) is 0 Å². The topological polar surface area (TPSA) is 96.5 Å². The first-order valence-corrected chi connectivity index (χ1v) is 15.8. The Bertz CT molecular complexity index is 1710. The molecule has 2 heterocycles. The molecule has 9 nitrogen and oxygen atoms in total. The van der Waals surface area contributed by atoms with Crippen LogP contribution in [0.5, 0.6) is 0 Å². The number of hydrogen-bond acceptors (Lipinski definition) is 6. The number of alkyl halides is 3. The number of amides is 3. The number of hydrogen-bond donors (Lipinski definition) is 0. The van der Waals surface area contributed by atoms with E-state index in [9.17, 15) is 32.3 Å². The summed E-state index contributed by atoms with van der Waals surface area (Å²) in [5.41, 5.74) is -0.00670. The zero-order chi connectivity index (χ0) is 35.5. The number of carbonyl (C=O) groups excluding carboxylic acids is 4. The van der Waals surface area contributed by atoms with Crippen molar-refractivity contribution in [3.05, 3.63) is 113 Å². The molecule has 2 fully saturated rings. The second-order valence-electron chi connectivity index (χ2n) is 13.1. The smallest absolute Gasteiger partial charge is 0.416 e. The summed E-state index contributed by atoms with van der Waals surface area (Å²) >= 11 is 0. The monoisotopic (exact) mass is 677 g/mol. The molecule has 0 aromatic heterocycles. The van der Waals surface area contributed by atoms with Crippen LogP contribution >= 0.6 is 0 Å². The maximum Gasteiger partial charge on any atom is 0.416 e. The van der Waals surface area contributed by atoms with E-state index in [1.54, 1.807) is 32.9 Å². The van der Waals surface area contributed by atoms with Gasteiger partial charge in [0.15, 0.2) is 0 Å². The van der Waals surface area contributed by atoms with Crippen LogP contribution in [0.25, 0.3) is 6.08 Å². The first-order chi connectivity index (χ1) is 23.1. The number of halogens is 3. The molecule has 0 aliphatic carbocycles. The van der Waals surface area contributed by atoms with Crippen molar-refractivity contribution in [2.45, 2.75) is 69.7 Å². The van der Waals surface area contributed by atoms with Crippen LogP contribution in [0, 0.1) is 0 Å². The fourth-order valence-electron chi connectivity index (χ4n) is 6.10. The Morgan fingerprint density at radius 1 is 0.980 bits per heavy atom. The zero-order valence-electron chi connectivity index (χ0n) is 27.6. The maximum atomic E-state index is 14.2. The van der Waals surface area contributed by atoms with Crippen molar-refractivity contribution < 1.29 is 41.8 Å². The lowest BCUT2D eigenvalue weighted by Crippen LogP contribution is -2.74. The third kappa shape index (κ3) is 8.13. The van der Waals surface area contributed by atoms with Crippen LogP contribution in [0.1, 0.15) is 55.5 Å². The van der Waals surface area contributed by atoms with E-state index in [-0.39, 0.29) is 18.7 Å². The molecule has 3 amide bonds. The third-order valence-electron chi connectivity index (χ3n) is 8.28. The largest absolute Gasteiger partial charge is 0.460 e. The summed E-state index contributed by atoms with van der Waals surface area (Å²) in [6.45, 7) is 4.79. The van der Waals surface area contributed by atoms with E-state index < -0.39 is 71.8 Å². The van der Waals surface area contributed by atoms with Gasteiger partial charge in [-0.2, -0.15) is 13.2 Å². The molecule has 2 aliphatic heterocycles. The maximum absolute atomic E-state index is 14.2. The molecule has 5 rings (SSSR count). The Balaban J connectivity index is 1.51. The highest BCUT2D eigenvalue weighted by Crippen LogP contribution is 2.39. The number of esters is 1. The standard InChI is InChI=1S/C37H38F3N3O6/c1-36(2,3)49-31(44)21-29(33(45)41(4)22-25-14-11-17-27(20-25)37(38,39)40)42-28(19-18-24-12-7-5-8-13-24)32(34(42)46)43-30(23-48-35(43)47)26-15-9-6-10-16-26/h5-20,28-30,32H,21-23H2,1-4H3/t28-,29-,30-,32+/m1/s1. The van der Waals surface area contributed by atoms with Crippen molar-refractivity contribution in [1.82, 2.24) is 14.7 Å². The highest BCUT2D eigenvalue weighted by atomic mass is 19.4. The molecule has 0 bridgehead atoms. The third-order valence-corrected chi connectivity index (χ3v) is 8.28. The lowest BCUT2D eigenvalue weighted by molar-refractivity contribution is -0.170. The molecule has 3 aromatic rings. The molecule has 258 valence electrons. The van der Waals surface area contributed by atoms with Crippen molar-refractivity contribution in [3.8, 4) is 0 Å². The number of cyclic esters (lactones) is 1. The molecule has 0 spiro atoms. The van der Waals surface area contributed by atoms with E-state index in [4.69, 9.17) is 9.47 Å². The van der Waals surface area contributed by atoms with Gasteiger partial charge in [-0.05, 0) is 49.6 Å². The molecule has 0 unspecified atom stereocenters. The van der Waals surface area contributed by atoms with Gasteiger partial charge < -0.3 is 19.3 Å². The Morgan fingerprint density at radius 2 is 1.63 bits per heavy atom. The van der Waals surface area contributed by atoms with Crippen molar-refractivity contribution in [1.29, 1.82) is 0 Å². The minimum absolute atomic E-state index is 0.0156. The second kappa shape index (κ2) is 14.2. The summed E-state index contributed by atoms with van der Waals surface area (Å²) < 4.78 is 51.2. The normalized spacial score (nSPS) is 20.2. The van der Waals surface area contributed by atoms with Gasteiger partial charge in [-0.25, -0.2) is 4.79 Å². The summed E-state index contributed by atoms with van der Waals surface area (Å²) in [6.07, 6.45) is -2.33. The van der Waals surface area contributed by atoms with Gasteiger partial charge >= 0.3 is 18.2 Å². The number of rotatable bonds is 10. The number of β-lactam (4-membered cyclic amide) rings is 1. The molecule has 49 heavy (non-hydrogen) atoms. The first kappa shape index (κ1) is 35.2. The highest BCUT2D eigenvalue weighted by Gasteiger charge is 2.58. The highest BCUT2D eigenvalue weighted by molar-refractivity contribution is 5.99. The molecule has 12 heteroatoms. The van der Waals surface area contributed by atoms with Gasteiger partial charge in [0.2, 0.25) is 11.8 Å². The number of likely N-dealkylation sites (tertiary alicyclic amines) is 1. The van der Waals surface area contributed by atoms with Crippen LogP contribution in [-0.2, 0) is 36.6 Å².